The number of phenols is 1. The highest BCUT2D eigenvalue weighted by molar-refractivity contribution is 6.02. The zero-order valence-corrected chi connectivity index (χ0v) is 10.8. The minimum atomic E-state index is -0.317. The van der Waals surface area contributed by atoms with Gasteiger partial charge in [0.05, 0.1) is 12.1 Å². The Labute approximate surface area is 115 Å². The van der Waals surface area contributed by atoms with Crippen molar-refractivity contribution in [3.63, 3.8) is 0 Å². The molecule has 1 fully saturated rings. The number of rotatable bonds is 1. The van der Waals surface area contributed by atoms with Gasteiger partial charge in [0.1, 0.15) is 5.75 Å². The van der Waals surface area contributed by atoms with E-state index in [0.717, 1.165) is 10.8 Å². The van der Waals surface area contributed by atoms with Crippen LogP contribution in [0.25, 0.3) is 10.8 Å². The molecule has 0 aliphatic carbocycles. The molecule has 20 heavy (non-hydrogen) atoms. The van der Waals surface area contributed by atoms with Gasteiger partial charge in [-0.1, -0.05) is 24.3 Å². The van der Waals surface area contributed by atoms with Gasteiger partial charge in [-0.25, -0.2) is 0 Å². The Morgan fingerprint density at radius 3 is 2.60 bits per heavy atom. The number of hydrogen-bond acceptors (Lipinski definition) is 3. The highest BCUT2D eigenvalue weighted by Crippen LogP contribution is 2.26. The Balaban J connectivity index is 1.98. The minimum Gasteiger partial charge on any atom is -0.507 e. The van der Waals surface area contributed by atoms with E-state index in [1.807, 2.05) is 24.3 Å². The van der Waals surface area contributed by atoms with Gasteiger partial charge in [-0.3, -0.25) is 9.59 Å². The second kappa shape index (κ2) is 4.85. The number of amides is 2. The van der Waals surface area contributed by atoms with Gasteiger partial charge in [0.25, 0.3) is 5.91 Å². The molecule has 1 aliphatic rings. The second-order valence-electron chi connectivity index (χ2n) is 4.79. The Kier molecular flexibility index (Phi) is 3.02. The molecule has 0 unspecified atom stereocenters. The second-order valence-corrected chi connectivity index (χ2v) is 4.79. The molecule has 1 saturated heterocycles. The Bertz CT molecular complexity index is 697. The van der Waals surface area contributed by atoms with Crippen LogP contribution < -0.4 is 5.32 Å². The fourth-order valence-corrected chi connectivity index (χ4v) is 2.38. The van der Waals surface area contributed by atoms with Crippen LogP contribution in [0.5, 0.6) is 5.75 Å². The van der Waals surface area contributed by atoms with Crippen LogP contribution in [0.2, 0.25) is 0 Å². The summed E-state index contributed by atoms with van der Waals surface area (Å²) < 4.78 is 0. The molecule has 0 aromatic heterocycles. The number of hydrogen-bond donors (Lipinski definition) is 2. The average molecular weight is 270 g/mol. The van der Waals surface area contributed by atoms with Crippen LogP contribution in [-0.2, 0) is 4.79 Å². The van der Waals surface area contributed by atoms with Gasteiger partial charge in [0.15, 0.2) is 0 Å². The number of carbonyl (C=O) groups is 2. The smallest absolute Gasteiger partial charge is 0.258 e. The number of carbonyl (C=O) groups excluding carboxylic acids is 2. The predicted molar refractivity (Wildman–Crippen MR) is 74.5 cm³/mol. The van der Waals surface area contributed by atoms with Crippen LogP contribution >= 0.6 is 0 Å². The highest BCUT2D eigenvalue weighted by Gasteiger charge is 2.24. The lowest BCUT2D eigenvalue weighted by molar-refractivity contribution is -0.123. The monoisotopic (exact) mass is 270 g/mol. The maximum absolute atomic E-state index is 12.4. The van der Waals surface area contributed by atoms with Gasteiger partial charge in [-0.2, -0.15) is 0 Å². The molecule has 5 nitrogen and oxygen atoms in total. The summed E-state index contributed by atoms with van der Waals surface area (Å²) in [7, 11) is 0. The summed E-state index contributed by atoms with van der Waals surface area (Å²) in [6.07, 6.45) is 0. The van der Waals surface area contributed by atoms with E-state index in [4.69, 9.17) is 0 Å². The van der Waals surface area contributed by atoms with E-state index in [1.165, 1.54) is 4.90 Å². The van der Waals surface area contributed by atoms with Gasteiger partial charge < -0.3 is 15.3 Å². The number of phenolic OH excluding ortho intramolecular Hbond substituents is 1. The molecule has 0 saturated carbocycles. The number of piperazine rings is 1. The van der Waals surface area contributed by atoms with Gasteiger partial charge in [-0.15, -0.1) is 0 Å². The molecule has 3 rings (SSSR count). The van der Waals surface area contributed by atoms with E-state index >= 15 is 0 Å². The van der Waals surface area contributed by atoms with E-state index in [0.29, 0.717) is 13.1 Å². The normalized spacial score (nSPS) is 15.2. The van der Waals surface area contributed by atoms with Crippen molar-refractivity contribution in [3.05, 3.63) is 42.0 Å². The zero-order valence-electron chi connectivity index (χ0n) is 10.8. The number of fused-ring (bicyclic) bond motifs is 1. The fourth-order valence-electron chi connectivity index (χ4n) is 2.38. The van der Waals surface area contributed by atoms with E-state index in [1.54, 1.807) is 12.1 Å². The van der Waals surface area contributed by atoms with Crippen LogP contribution in [0, 0.1) is 0 Å². The SMILES string of the molecule is O=C1CN(C(=O)c2cc3ccccc3cc2O)CCN1. The molecule has 1 heterocycles. The number of nitrogens with one attached hydrogen (secondary N) is 1. The van der Waals surface area contributed by atoms with E-state index < -0.39 is 0 Å². The molecule has 2 aromatic carbocycles. The third-order valence-corrected chi connectivity index (χ3v) is 3.42. The first-order valence-electron chi connectivity index (χ1n) is 6.43. The Hall–Kier alpha value is -2.56. The summed E-state index contributed by atoms with van der Waals surface area (Å²) in [5, 5.41) is 14.5. The van der Waals surface area contributed by atoms with Crippen molar-refractivity contribution in [2.24, 2.45) is 0 Å². The minimum absolute atomic E-state index is 0.0328. The van der Waals surface area contributed by atoms with Gasteiger partial charge in [-0.05, 0) is 22.9 Å². The van der Waals surface area contributed by atoms with Crippen LogP contribution in [0.3, 0.4) is 0 Å². The van der Waals surface area contributed by atoms with Crippen molar-refractivity contribution in [1.29, 1.82) is 0 Å². The highest BCUT2D eigenvalue weighted by atomic mass is 16.3. The molecular formula is C15H14N2O3. The van der Waals surface area contributed by atoms with Crippen molar-refractivity contribution in [1.82, 2.24) is 10.2 Å². The van der Waals surface area contributed by atoms with Crippen molar-refractivity contribution >= 4 is 22.6 Å². The summed E-state index contributed by atoms with van der Waals surface area (Å²) in [6, 6.07) is 10.7. The summed E-state index contributed by atoms with van der Waals surface area (Å²) in [6.45, 7) is 0.931. The Morgan fingerprint density at radius 2 is 1.90 bits per heavy atom. The summed E-state index contributed by atoms with van der Waals surface area (Å²) in [4.78, 5) is 25.2. The molecule has 2 aromatic rings. The van der Waals surface area contributed by atoms with Crippen molar-refractivity contribution in [2.75, 3.05) is 19.6 Å². The van der Waals surface area contributed by atoms with Crippen LogP contribution in [0.4, 0.5) is 0 Å². The number of benzene rings is 2. The lowest BCUT2D eigenvalue weighted by Crippen LogP contribution is -2.49. The third kappa shape index (κ3) is 2.18. The molecular weight excluding hydrogens is 256 g/mol. The first-order chi connectivity index (χ1) is 9.65. The standard InChI is InChI=1S/C15H14N2O3/c18-13-8-11-4-2-1-3-10(11)7-12(13)15(20)17-6-5-16-14(19)9-17/h1-4,7-8,18H,5-6,9H2,(H,16,19). The Morgan fingerprint density at radius 1 is 1.20 bits per heavy atom. The van der Waals surface area contributed by atoms with E-state index in [-0.39, 0.29) is 29.7 Å². The first-order valence-corrected chi connectivity index (χ1v) is 6.43. The van der Waals surface area contributed by atoms with Gasteiger partial charge >= 0.3 is 0 Å². The first kappa shape index (κ1) is 12.5. The molecule has 2 amide bonds. The molecule has 2 N–H and O–H groups in total. The quantitative estimate of drug-likeness (QED) is 0.815. The molecule has 1 aliphatic heterocycles. The topological polar surface area (TPSA) is 69.6 Å². The average Bonchev–Trinajstić information content (AvgIpc) is 2.46. The lowest BCUT2D eigenvalue weighted by Gasteiger charge is -2.27. The summed E-state index contributed by atoms with van der Waals surface area (Å²) in [5.74, 6) is -0.548. The molecule has 102 valence electrons. The van der Waals surface area contributed by atoms with Crippen LogP contribution in [-0.4, -0.2) is 41.5 Å². The van der Waals surface area contributed by atoms with Crippen molar-refractivity contribution in [3.8, 4) is 5.75 Å². The molecule has 0 spiro atoms. The summed E-state index contributed by atoms with van der Waals surface area (Å²) in [5.41, 5.74) is 0.235. The molecule has 0 bridgehead atoms. The lowest BCUT2D eigenvalue weighted by atomic mass is 10.0. The maximum atomic E-state index is 12.4. The van der Waals surface area contributed by atoms with Gasteiger partial charge in [0.2, 0.25) is 5.91 Å². The third-order valence-electron chi connectivity index (χ3n) is 3.42. The predicted octanol–water partition coefficient (Wildman–Crippen LogP) is 1.12. The number of nitrogens with zero attached hydrogens (tertiary/aromatic N) is 1. The van der Waals surface area contributed by atoms with E-state index in [9.17, 15) is 14.7 Å². The molecule has 5 heteroatoms. The maximum Gasteiger partial charge on any atom is 0.258 e. The van der Waals surface area contributed by atoms with Crippen LogP contribution in [0.1, 0.15) is 10.4 Å². The largest absolute Gasteiger partial charge is 0.507 e. The van der Waals surface area contributed by atoms with E-state index in [2.05, 4.69) is 5.32 Å². The molecule has 0 radical (unpaired) electrons. The van der Waals surface area contributed by atoms with Gasteiger partial charge in [0, 0.05) is 13.1 Å². The van der Waals surface area contributed by atoms with Crippen molar-refractivity contribution in [2.45, 2.75) is 0 Å². The zero-order chi connectivity index (χ0) is 14.1. The molecule has 0 atom stereocenters. The fraction of sp³-hybridized carbons (Fsp3) is 0.200. The summed E-state index contributed by atoms with van der Waals surface area (Å²) >= 11 is 0. The van der Waals surface area contributed by atoms with Crippen molar-refractivity contribution < 1.29 is 14.7 Å². The number of aromatic hydroxyl groups is 1. The van der Waals surface area contributed by atoms with Crippen LogP contribution in [0.15, 0.2) is 36.4 Å².